The Kier molecular flexibility index (Phi) is 11.5. The second-order valence-electron chi connectivity index (χ2n) is 12.0. The van der Waals surface area contributed by atoms with E-state index in [9.17, 15) is 18.0 Å². The topological polar surface area (TPSA) is 86.8 Å². The number of hydrogen-bond acceptors (Lipinski definition) is 4. The Morgan fingerprint density at radius 1 is 0.783 bits per heavy atom. The molecule has 4 aromatic carbocycles. The summed E-state index contributed by atoms with van der Waals surface area (Å²) in [5.41, 5.74) is 2.01. The van der Waals surface area contributed by atoms with Gasteiger partial charge in [0.25, 0.3) is 10.0 Å². The normalized spacial score (nSPS) is 12.3. The van der Waals surface area contributed by atoms with E-state index < -0.39 is 40.0 Å². The van der Waals surface area contributed by atoms with Crippen LogP contribution in [0.2, 0.25) is 10.0 Å². The lowest BCUT2D eigenvalue weighted by molar-refractivity contribution is -0.140. The van der Waals surface area contributed by atoms with Gasteiger partial charge in [-0.2, -0.15) is 0 Å². The number of aryl methyl sites for hydroxylation is 1. The molecule has 46 heavy (non-hydrogen) atoms. The summed E-state index contributed by atoms with van der Waals surface area (Å²) in [7, 11) is -4.19. The minimum atomic E-state index is -4.19. The predicted molar refractivity (Wildman–Crippen MR) is 186 cm³/mol. The molecule has 0 aliphatic heterocycles. The number of nitrogens with zero attached hydrogens (tertiary/aromatic N) is 2. The number of carbonyl (C=O) groups excluding carboxylic acids is 2. The van der Waals surface area contributed by atoms with Gasteiger partial charge < -0.3 is 10.2 Å². The Bertz CT molecular complexity index is 1720. The smallest absolute Gasteiger partial charge is 0.264 e. The number of benzene rings is 4. The van der Waals surface area contributed by atoms with Crippen LogP contribution in [0, 0.1) is 0 Å². The molecule has 0 aliphatic rings. The molecule has 0 heterocycles. The van der Waals surface area contributed by atoms with E-state index in [0.29, 0.717) is 21.3 Å². The SMILES string of the molecule is CCc1ccc(N(CC(=O)N(Cc2c(Cl)cccc2Cl)[C@H](Cc2ccccc2)C(=O)NC(C)(C)C)S(=O)(=O)c2ccccc2)cc1. The van der Waals surface area contributed by atoms with Gasteiger partial charge in [-0.05, 0) is 74.7 Å². The molecule has 1 N–H and O–H groups in total. The van der Waals surface area contributed by atoms with Crippen molar-refractivity contribution in [1.29, 1.82) is 0 Å². The first kappa shape index (κ1) is 35.0. The van der Waals surface area contributed by atoms with E-state index in [-0.39, 0.29) is 17.9 Å². The van der Waals surface area contributed by atoms with Gasteiger partial charge in [0.2, 0.25) is 11.8 Å². The van der Waals surface area contributed by atoms with Crippen LogP contribution in [0.5, 0.6) is 0 Å². The van der Waals surface area contributed by atoms with Crippen LogP contribution in [0.25, 0.3) is 0 Å². The van der Waals surface area contributed by atoms with Crippen molar-refractivity contribution in [3.63, 3.8) is 0 Å². The van der Waals surface area contributed by atoms with Gasteiger partial charge in [-0.15, -0.1) is 0 Å². The van der Waals surface area contributed by atoms with E-state index in [1.807, 2.05) is 70.2 Å². The molecule has 1 atom stereocenters. The van der Waals surface area contributed by atoms with Crippen molar-refractivity contribution in [2.75, 3.05) is 10.8 Å². The molecule has 0 aromatic heterocycles. The van der Waals surface area contributed by atoms with Crippen LogP contribution in [-0.4, -0.2) is 43.3 Å². The van der Waals surface area contributed by atoms with Crippen molar-refractivity contribution < 1.29 is 18.0 Å². The highest BCUT2D eigenvalue weighted by atomic mass is 35.5. The van der Waals surface area contributed by atoms with Crippen LogP contribution in [0.3, 0.4) is 0 Å². The molecular weight excluding hydrogens is 641 g/mol. The van der Waals surface area contributed by atoms with E-state index in [2.05, 4.69) is 5.32 Å². The lowest BCUT2D eigenvalue weighted by atomic mass is 10.0. The maximum absolute atomic E-state index is 14.6. The number of amides is 2. The van der Waals surface area contributed by atoms with Gasteiger partial charge >= 0.3 is 0 Å². The number of nitrogens with one attached hydrogen (secondary N) is 1. The summed E-state index contributed by atoms with van der Waals surface area (Å²) in [6, 6.07) is 28.4. The van der Waals surface area contributed by atoms with Gasteiger partial charge in [-0.1, -0.05) is 96.9 Å². The maximum Gasteiger partial charge on any atom is 0.264 e. The third-order valence-electron chi connectivity index (χ3n) is 7.40. The number of sulfonamides is 1. The quantitative estimate of drug-likeness (QED) is 0.170. The molecule has 0 radical (unpaired) electrons. The van der Waals surface area contributed by atoms with Crippen molar-refractivity contribution in [1.82, 2.24) is 10.2 Å². The molecule has 2 amide bonds. The Balaban J connectivity index is 1.85. The minimum absolute atomic E-state index is 0.0365. The van der Waals surface area contributed by atoms with Gasteiger partial charge in [0.05, 0.1) is 10.6 Å². The average molecular weight is 681 g/mol. The van der Waals surface area contributed by atoms with Crippen molar-refractivity contribution in [3.05, 3.63) is 130 Å². The summed E-state index contributed by atoms with van der Waals surface area (Å²) in [5, 5.41) is 3.66. The molecule has 0 fully saturated rings. The molecule has 10 heteroatoms. The lowest BCUT2D eigenvalue weighted by Crippen LogP contribution is -2.56. The molecule has 0 unspecified atom stereocenters. The summed E-state index contributed by atoms with van der Waals surface area (Å²) in [5.74, 6) is -0.988. The van der Waals surface area contributed by atoms with Crippen molar-refractivity contribution in [2.45, 2.75) is 63.6 Å². The number of halogens is 2. The zero-order valence-electron chi connectivity index (χ0n) is 26.4. The molecule has 242 valence electrons. The molecular formula is C36H39Cl2N3O4S. The van der Waals surface area contributed by atoms with Crippen LogP contribution < -0.4 is 9.62 Å². The molecule has 0 spiro atoms. The number of rotatable bonds is 12. The Labute approximate surface area is 282 Å². The Morgan fingerprint density at radius 3 is 1.89 bits per heavy atom. The summed E-state index contributed by atoms with van der Waals surface area (Å²) in [6.07, 6.45) is 0.939. The third kappa shape index (κ3) is 8.90. The number of anilines is 1. The van der Waals surface area contributed by atoms with Gasteiger partial charge in [-0.25, -0.2) is 8.42 Å². The largest absolute Gasteiger partial charge is 0.350 e. The third-order valence-corrected chi connectivity index (χ3v) is 9.90. The maximum atomic E-state index is 14.6. The first-order valence-corrected chi connectivity index (χ1v) is 17.2. The van der Waals surface area contributed by atoms with Crippen molar-refractivity contribution in [2.24, 2.45) is 0 Å². The van der Waals surface area contributed by atoms with Crippen LogP contribution >= 0.6 is 23.2 Å². The molecule has 0 aliphatic carbocycles. The number of hydrogen-bond donors (Lipinski definition) is 1. The molecule has 4 rings (SSSR count). The molecule has 0 saturated carbocycles. The monoisotopic (exact) mass is 679 g/mol. The fourth-order valence-corrected chi connectivity index (χ4v) is 6.96. The van der Waals surface area contributed by atoms with Crippen LogP contribution in [0.1, 0.15) is 44.4 Å². The minimum Gasteiger partial charge on any atom is -0.350 e. The zero-order chi connectivity index (χ0) is 33.5. The second kappa shape index (κ2) is 15.2. The predicted octanol–water partition coefficient (Wildman–Crippen LogP) is 7.31. The fourth-order valence-electron chi connectivity index (χ4n) is 5.01. The van der Waals surface area contributed by atoms with Gasteiger partial charge in [-0.3, -0.25) is 13.9 Å². The van der Waals surface area contributed by atoms with Crippen molar-refractivity contribution >= 4 is 50.7 Å². The highest BCUT2D eigenvalue weighted by Crippen LogP contribution is 2.29. The molecule has 0 saturated heterocycles. The summed E-state index contributed by atoms with van der Waals surface area (Å²) in [6.45, 7) is 6.88. The number of carbonyl (C=O) groups is 2. The summed E-state index contributed by atoms with van der Waals surface area (Å²) in [4.78, 5) is 30.0. The molecule has 4 aromatic rings. The van der Waals surface area contributed by atoms with E-state index in [4.69, 9.17) is 23.2 Å². The van der Waals surface area contributed by atoms with Gasteiger partial charge in [0.1, 0.15) is 12.6 Å². The van der Waals surface area contributed by atoms with Crippen molar-refractivity contribution in [3.8, 4) is 0 Å². The van der Waals surface area contributed by atoms with Gasteiger partial charge in [0.15, 0.2) is 0 Å². The Morgan fingerprint density at radius 2 is 1.35 bits per heavy atom. The zero-order valence-corrected chi connectivity index (χ0v) is 28.7. The first-order chi connectivity index (χ1) is 21.8. The first-order valence-electron chi connectivity index (χ1n) is 15.0. The highest BCUT2D eigenvalue weighted by Gasteiger charge is 2.36. The molecule has 7 nitrogen and oxygen atoms in total. The highest BCUT2D eigenvalue weighted by molar-refractivity contribution is 7.92. The second-order valence-corrected chi connectivity index (χ2v) is 14.7. The van der Waals surface area contributed by atoms with Crippen LogP contribution in [-0.2, 0) is 39.0 Å². The van der Waals surface area contributed by atoms with E-state index >= 15 is 0 Å². The summed E-state index contributed by atoms with van der Waals surface area (Å²) >= 11 is 13.2. The summed E-state index contributed by atoms with van der Waals surface area (Å²) < 4.78 is 29.3. The molecule has 0 bridgehead atoms. The average Bonchev–Trinajstić information content (AvgIpc) is 3.02. The van der Waals surface area contributed by atoms with E-state index in [1.165, 1.54) is 17.0 Å². The Hall–Kier alpha value is -3.85. The fraction of sp³-hybridized carbons (Fsp3) is 0.278. The van der Waals surface area contributed by atoms with Crippen LogP contribution in [0.15, 0.2) is 108 Å². The van der Waals surface area contributed by atoms with E-state index in [1.54, 1.807) is 48.5 Å². The standard InChI is InChI=1S/C36H39Cl2N3O4S/c1-5-26-19-21-28(22-20-26)41(46(44,45)29-15-10-7-11-16-29)25-34(42)40(24-30-31(37)17-12-18-32(30)38)33(35(43)39-36(2,3)4)23-27-13-8-6-9-14-27/h6-22,33H,5,23-25H2,1-4H3,(H,39,43)/t33-/m1/s1. The van der Waals surface area contributed by atoms with Gasteiger partial charge in [0, 0.05) is 34.1 Å². The van der Waals surface area contributed by atoms with E-state index in [0.717, 1.165) is 21.9 Å². The lowest BCUT2D eigenvalue weighted by Gasteiger charge is -2.35. The van der Waals surface area contributed by atoms with Crippen LogP contribution in [0.4, 0.5) is 5.69 Å².